The van der Waals surface area contributed by atoms with E-state index in [-0.39, 0.29) is 18.6 Å². The fourth-order valence-corrected chi connectivity index (χ4v) is 2.91. The maximum atomic E-state index is 12.3. The van der Waals surface area contributed by atoms with Crippen molar-refractivity contribution in [2.45, 2.75) is 26.7 Å². The minimum absolute atomic E-state index is 0.000377. The Labute approximate surface area is 156 Å². The van der Waals surface area contributed by atoms with Crippen LogP contribution in [0.5, 0.6) is 0 Å². The van der Waals surface area contributed by atoms with Crippen LogP contribution >= 0.6 is 0 Å². The van der Waals surface area contributed by atoms with Crippen LogP contribution in [0.1, 0.15) is 44.7 Å². The third-order valence-corrected chi connectivity index (χ3v) is 4.42. The lowest BCUT2D eigenvalue weighted by Gasteiger charge is -2.08. The Bertz CT molecular complexity index is 1020. The molecule has 138 valence electrons. The number of benzene rings is 2. The molecule has 0 fully saturated rings. The van der Waals surface area contributed by atoms with E-state index in [0.29, 0.717) is 11.1 Å². The molecule has 1 aromatic heterocycles. The van der Waals surface area contributed by atoms with E-state index in [2.05, 4.69) is 15.8 Å². The number of Topliss-reactive ketones (excluding diaryl/α,β-unsaturated/α-hetero) is 1. The molecular weight excluding hydrogens is 342 g/mol. The van der Waals surface area contributed by atoms with E-state index < -0.39 is 11.8 Å². The third-order valence-electron chi connectivity index (χ3n) is 4.42. The molecule has 0 aliphatic rings. The molecule has 0 radical (unpaired) electrons. The van der Waals surface area contributed by atoms with Crippen molar-refractivity contribution in [1.29, 1.82) is 0 Å². The molecule has 27 heavy (non-hydrogen) atoms. The van der Waals surface area contributed by atoms with Crippen molar-refractivity contribution in [2.24, 2.45) is 0 Å². The van der Waals surface area contributed by atoms with Crippen molar-refractivity contribution in [3.8, 4) is 0 Å². The van der Waals surface area contributed by atoms with Crippen molar-refractivity contribution < 1.29 is 14.4 Å². The van der Waals surface area contributed by atoms with Gasteiger partial charge in [-0.1, -0.05) is 35.9 Å². The Kier molecular flexibility index (Phi) is 5.35. The average Bonchev–Trinajstić information content (AvgIpc) is 3.10. The zero-order valence-corrected chi connectivity index (χ0v) is 15.3. The number of amides is 2. The molecule has 3 N–H and O–H groups in total. The lowest BCUT2D eigenvalue weighted by atomic mass is 9.99. The van der Waals surface area contributed by atoms with E-state index in [9.17, 15) is 14.4 Å². The van der Waals surface area contributed by atoms with Gasteiger partial charge < -0.3 is 4.98 Å². The molecule has 3 aromatic rings. The smallest absolute Gasteiger partial charge is 0.271 e. The van der Waals surface area contributed by atoms with E-state index in [4.69, 9.17) is 0 Å². The minimum atomic E-state index is -0.415. The van der Waals surface area contributed by atoms with Crippen LogP contribution in [0.4, 0.5) is 0 Å². The number of aromatic amines is 1. The quantitative estimate of drug-likeness (QED) is 0.480. The van der Waals surface area contributed by atoms with E-state index in [1.165, 1.54) is 0 Å². The predicted octanol–water partition coefficient (Wildman–Crippen LogP) is 3.21. The summed E-state index contributed by atoms with van der Waals surface area (Å²) in [5.41, 5.74) is 8.55. The molecule has 0 spiro atoms. The summed E-state index contributed by atoms with van der Waals surface area (Å²) >= 11 is 0. The van der Waals surface area contributed by atoms with Crippen molar-refractivity contribution in [3.05, 3.63) is 70.9 Å². The number of ketones is 1. The molecular formula is C21H21N3O3. The van der Waals surface area contributed by atoms with Crippen molar-refractivity contribution in [1.82, 2.24) is 15.8 Å². The summed E-state index contributed by atoms with van der Waals surface area (Å²) in [7, 11) is 0. The number of hydrogen-bond acceptors (Lipinski definition) is 3. The molecule has 0 atom stereocenters. The number of aryl methyl sites for hydroxylation is 2. The van der Waals surface area contributed by atoms with Gasteiger partial charge in [-0.3, -0.25) is 25.2 Å². The van der Waals surface area contributed by atoms with Crippen molar-refractivity contribution in [2.75, 3.05) is 0 Å². The molecule has 6 heteroatoms. The number of hydrazine groups is 1. The number of carbonyl (C=O) groups excluding carboxylic acids is 3. The highest BCUT2D eigenvalue weighted by molar-refractivity contribution is 6.07. The van der Waals surface area contributed by atoms with Gasteiger partial charge in [-0.15, -0.1) is 0 Å². The number of aromatic nitrogens is 1. The number of rotatable bonds is 5. The first kappa shape index (κ1) is 18.4. The molecule has 1 heterocycles. The zero-order valence-electron chi connectivity index (χ0n) is 15.3. The molecule has 0 bridgehead atoms. The Morgan fingerprint density at radius 1 is 0.926 bits per heavy atom. The maximum Gasteiger partial charge on any atom is 0.271 e. The van der Waals surface area contributed by atoms with E-state index in [1.807, 2.05) is 56.3 Å². The summed E-state index contributed by atoms with van der Waals surface area (Å²) in [4.78, 5) is 39.6. The molecule has 0 unspecified atom stereocenters. The van der Waals surface area contributed by atoms with Crippen LogP contribution in [0.2, 0.25) is 0 Å². The van der Waals surface area contributed by atoms with Gasteiger partial charge in [-0.2, -0.15) is 0 Å². The summed E-state index contributed by atoms with van der Waals surface area (Å²) in [5, 5.41) is 0.773. The van der Waals surface area contributed by atoms with Gasteiger partial charge in [-0.25, -0.2) is 0 Å². The van der Waals surface area contributed by atoms with Gasteiger partial charge in [0.1, 0.15) is 0 Å². The number of hydrogen-bond donors (Lipinski definition) is 3. The van der Waals surface area contributed by atoms with Gasteiger partial charge in [0.25, 0.3) is 5.91 Å². The normalized spacial score (nSPS) is 10.6. The second-order valence-electron chi connectivity index (χ2n) is 6.49. The van der Waals surface area contributed by atoms with Crippen molar-refractivity contribution >= 4 is 28.5 Å². The lowest BCUT2D eigenvalue weighted by Crippen LogP contribution is -2.41. The summed E-state index contributed by atoms with van der Waals surface area (Å²) < 4.78 is 0. The Hall–Kier alpha value is -3.41. The predicted molar refractivity (Wildman–Crippen MR) is 103 cm³/mol. The number of fused-ring (bicyclic) bond motifs is 1. The summed E-state index contributed by atoms with van der Waals surface area (Å²) in [5.74, 6) is -0.919. The fraction of sp³-hybridized carbons (Fsp3) is 0.190. The second-order valence-corrected chi connectivity index (χ2v) is 6.49. The molecule has 2 amide bonds. The first-order chi connectivity index (χ1) is 13.0. The van der Waals surface area contributed by atoms with Gasteiger partial charge in [0.2, 0.25) is 5.91 Å². The van der Waals surface area contributed by atoms with E-state index in [1.54, 1.807) is 6.20 Å². The van der Waals surface area contributed by atoms with Crippen LogP contribution < -0.4 is 10.9 Å². The van der Waals surface area contributed by atoms with Crippen molar-refractivity contribution in [3.63, 3.8) is 0 Å². The molecule has 0 saturated carbocycles. The first-order valence-electron chi connectivity index (χ1n) is 8.71. The molecule has 2 aromatic carbocycles. The van der Waals surface area contributed by atoms with Crippen LogP contribution in [-0.2, 0) is 4.79 Å². The molecule has 0 aliphatic heterocycles. The van der Waals surface area contributed by atoms with Gasteiger partial charge >= 0.3 is 0 Å². The van der Waals surface area contributed by atoms with Crippen LogP contribution in [0.25, 0.3) is 10.9 Å². The molecule has 3 rings (SSSR count). The zero-order chi connectivity index (χ0) is 19.4. The highest BCUT2D eigenvalue weighted by Gasteiger charge is 2.14. The van der Waals surface area contributed by atoms with Crippen LogP contribution in [0, 0.1) is 13.8 Å². The SMILES string of the molecule is Cc1ccc(C)c(C(=O)CCC(=O)NNC(=O)c2c[nH]c3ccccc23)c1. The summed E-state index contributed by atoms with van der Waals surface area (Å²) in [6, 6.07) is 13.1. The Morgan fingerprint density at radius 2 is 1.70 bits per heavy atom. The summed E-state index contributed by atoms with van der Waals surface area (Å²) in [6.45, 7) is 3.79. The number of H-pyrrole nitrogens is 1. The topological polar surface area (TPSA) is 91.1 Å². The lowest BCUT2D eigenvalue weighted by molar-refractivity contribution is -0.121. The standard InChI is InChI=1S/C21H21N3O3/c1-13-7-8-14(2)16(11-13)19(25)9-10-20(26)23-24-21(27)17-12-22-18-6-4-3-5-15(17)18/h3-8,11-12,22H,9-10H2,1-2H3,(H,23,26)(H,24,27). The van der Waals surface area contributed by atoms with Gasteiger partial charge in [-0.05, 0) is 31.5 Å². The van der Waals surface area contributed by atoms with Crippen LogP contribution in [0.3, 0.4) is 0 Å². The average molecular weight is 363 g/mol. The molecule has 0 aliphatic carbocycles. The van der Waals surface area contributed by atoms with Gasteiger partial charge in [0.15, 0.2) is 5.78 Å². The van der Waals surface area contributed by atoms with Crippen LogP contribution in [0.15, 0.2) is 48.7 Å². The maximum absolute atomic E-state index is 12.3. The Morgan fingerprint density at radius 3 is 2.52 bits per heavy atom. The number of para-hydroxylation sites is 1. The highest BCUT2D eigenvalue weighted by Crippen LogP contribution is 2.17. The van der Waals surface area contributed by atoms with Gasteiger partial charge in [0.05, 0.1) is 5.56 Å². The van der Waals surface area contributed by atoms with E-state index in [0.717, 1.165) is 22.0 Å². The number of nitrogens with one attached hydrogen (secondary N) is 3. The van der Waals surface area contributed by atoms with Gasteiger partial charge in [0, 0.05) is 35.5 Å². The first-order valence-corrected chi connectivity index (χ1v) is 8.71. The van der Waals surface area contributed by atoms with E-state index >= 15 is 0 Å². The second kappa shape index (κ2) is 7.86. The third kappa shape index (κ3) is 4.23. The molecule has 6 nitrogen and oxygen atoms in total. The fourth-order valence-electron chi connectivity index (χ4n) is 2.91. The summed E-state index contributed by atoms with van der Waals surface area (Å²) in [6.07, 6.45) is 1.68. The minimum Gasteiger partial charge on any atom is -0.360 e. The monoisotopic (exact) mass is 363 g/mol. The number of carbonyl (C=O) groups is 3. The highest BCUT2D eigenvalue weighted by atomic mass is 16.2. The largest absolute Gasteiger partial charge is 0.360 e. The Balaban J connectivity index is 1.53. The molecule has 0 saturated heterocycles. The van der Waals surface area contributed by atoms with Crippen LogP contribution in [-0.4, -0.2) is 22.6 Å².